The van der Waals surface area contributed by atoms with Gasteiger partial charge in [0.15, 0.2) is 11.5 Å². The second kappa shape index (κ2) is 8.09. The second-order valence-electron chi connectivity index (χ2n) is 4.57. The molecule has 0 radical (unpaired) electrons. The van der Waals surface area contributed by atoms with E-state index in [0.717, 1.165) is 20.5 Å². The number of thioether (sulfide) groups is 1. The third kappa shape index (κ3) is 3.72. The first-order chi connectivity index (χ1) is 11.2. The Bertz CT molecular complexity index is 767. The van der Waals surface area contributed by atoms with Crippen molar-refractivity contribution in [2.24, 2.45) is 0 Å². The van der Waals surface area contributed by atoms with E-state index >= 15 is 0 Å². The lowest BCUT2D eigenvalue weighted by molar-refractivity contribution is 0.354. The fraction of sp³-hybridized carbons (Fsp3) is 0.167. The van der Waals surface area contributed by atoms with E-state index in [2.05, 4.69) is 22.0 Å². The smallest absolute Gasteiger partial charge is 0.161 e. The zero-order valence-electron chi connectivity index (χ0n) is 13.1. The van der Waals surface area contributed by atoms with Gasteiger partial charge in [0.05, 0.1) is 19.8 Å². The van der Waals surface area contributed by atoms with Crippen LogP contribution in [0.1, 0.15) is 11.1 Å². The van der Waals surface area contributed by atoms with Crippen LogP contribution in [0.5, 0.6) is 11.5 Å². The summed E-state index contributed by atoms with van der Waals surface area (Å²) in [4.78, 5) is 0.918. The van der Waals surface area contributed by atoms with Crippen molar-refractivity contribution in [2.75, 3.05) is 20.5 Å². The minimum absolute atomic E-state index is 0.590. The lowest BCUT2D eigenvalue weighted by Crippen LogP contribution is -1.95. The topological polar surface area (TPSA) is 42.2 Å². The predicted molar refractivity (Wildman–Crippen MR) is 99.6 cm³/mol. The third-order valence-corrected chi connectivity index (χ3v) is 4.83. The lowest BCUT2D eigenvalue weighted by atomic mass is 10.0. The van der Waals surface area contributed by atoms with Gasteiger partial charge in [-0.1, -0.05) is 30.3 Å². The summed E-state index contributed by atoms with van der Waals surface area (Å²) in [5.41, 5.74) is 2.38. The minimum Gasteiger partial charge on any atom is -0.493 e. The number of hydrogen-bond donors (Lipinski definition) is 0. The summed E-state index contributed by atoms with van der Waals surface area (Å²) >= 11 is 5.08. The molecule has 2 rings (SSSR count). The van der Waals surface area contributed by atoms with Crippen molar-refractivity contribution in [3.63, 3.8) is 0 Å². The molecule has 0 fully saturated rings. The van der Waals surface area contributed by atoms with Crippen LogP contribution in [0, 0.1) is 11.3 Å². The number of rotatable bonds is 5. The molecule has 0 aliphatic heterocycles. The van der Waals surface area contributed by atoms with Gasteiger partial charge in [0.25, 0.3) is 0 Å². The first-order valence-corrected chi connectivity index (χ1v) is 8.83. The van der Waals surface area contributed by atoms with Gasteiger partial charge < -0.3 is 9.47 Å². The Morgan fingerprint density at radius 3 is 2.22 bits per heavy atom. The molecule has 118 valence electrons. The van der Waals surface area contributed by atoms with E-state index in [-0.39, 0.29) is 0 Å². The third-order valence-electron chi connectivity index (χ3n) is 3.32. The van der Waals surface area contributed by atoms with Gasteiger partial charge in [-0.2, -0.15) is 5.26 Å². The van der Waals surface area contributed by atoms with E-state index in [4.69, 9.17) is 9.47 Å². The minimum atomic E-state index is 0.590. The molecule has 0 aliphatic carbocycles. The van der Waals surface area contributed by atoms with Crippen LogP contribution in [0.3, 0.4) is 0 Å². The molecule has 2 aromatic carbocycles. The van der Waals surface area contributed by atoms with Crippen LogP contribution in [0.4, 0.5) is 0 Å². The summed E-state index contributed by atoms with van der Waals surface area (Å²) in [5.74, 6) is 1.21. The van der Waals surface area contributed by atoms with E-state index < -0.39 is 0 Å². The number of hydrogen-bond acceptors (Lipinski definition) is 4. The van der Waals surface area contributed by atoms with E-state index in [1.807, 2.05) is 48.7 Å². The molecule has 0 aliphatic rings. The van der Waals surface area contributed by atoms with Crippen LogP contribution in [0.25, 0.3) is 10.5 Å². The average Bonchev–Trinajstić information content (AvgIpc) is 2.60. The van der Waals surface area contributed by atoms with Crippen molar-refractivity contribution in [3.05, 3.63) is 58.1 Å². The molecule has 0 saturated carbocycles. The van der Waals surface area contributed by atoms with Crippen molar-refractivity contribution in [3.8, 4) is 17.6 Å². The summed E-state index contributed by atoms with van der Waals surface area (Å²) in [6.07, 6.45) is 1.97. The van der Waals surface area contributed by atoms with Crippen molar-refractivity contribution in [2.45, 2.75) is 0 Å². The fourth-order valence-corrected chi connectivity index (χ4v) is 3.48. The molecule has 0 unspecified atom stereocenters. The number of nitriles is 1. The Hall–Kier alpha value is -1.90. The maximum absolute atomic E-state index is 9.74. The van der Waals surface area contributed by atoms with Crippen molar-refractivity contribution >= 4 is 38.2 Å². The number of nitrogens with zero attached hydrogens (tertiary/aromatic N) is 1. The highest BCUT2D eigenvalue weighted by Crippen LogP contribution is 2.41. The standard InChI is InChI=1S/C18H16BrNO2S/c1-21-16-9-13(15(19)10-17(16)22-2)14(11-20)18(23-3)12-7-5-4-6-8-12/h4-10H,1-3H3/b18-14+. The van der Waals surface area contributed by atoms with E-state index in [9.17, 15) is 5.26 Å². The maximum atomic E-state index is 9.74. The molecule has 3 nitrogen and oxygen atoms in total. The summed E-state index contributed by atoms with van der Waals surface area (Å²) in [6.45, 7) is 0. The lowest BCUT2D eigenvalue weighted by Gasteiger charge is -2.14. The van der Waals surface area contributed by atoms with Gasteiger partial charge in [-0.25, -0.2) is 0 Å². The number of ether oxygens (including phenoxy) is 2. The highest BCUT2D eigenvalue weighted by molar-refractivity contribution is 9.10. The second-order valence-corrected chi connectivity index (χ2v) is 6.24. The van der Waals surface area contributed by atoms with Gasteiger partial charge in [0.1, 0.15) is 6.07 Å². The Morgan fingerprint density at radius 1 is 1.09 bits per heavy atom. The SMILES string of the molecule is COc1cc(Br)c(/C(C#N)=C(/SC)c2ccccc2)cc1OC. The molecule has 23 heavy (non-hydrogen) atoms. The number of halogens is 1. The predicted octanol–water partition coefficient (Wildman–Crippen LogP) is 5.22. The van der Waals surface area contributed by atoms with Gasteiger partial charge in [0.2, 0.25) is 0 Å². The first-order valence-electron chi connectivity index (χ1n) is 6.82. The molecule has 0 spiro atoms. The largest absolute Gasteiger partial charge is 0.493 e. The fourth-order valence-electron chi connectivity index (χ4n) is 2.23. The van der Waals surface area contributed by atoms with E-state index in [1.165, 1.54) is 0 Å². The molecule has 0 saturated heterocycles. The molecular weight excluding hydrogens is 374 g/mol. The normalized spacial score (nSPS) is 11.4. The highest BCUT2D eigenvalue weighted by atomic mass is 79.9. The van der Waals surface area contributed by atoms with E-state index in [0.29, 0.717) is 17.1 Å². The van der Waals surface area contributed by atoms with Crippen LogP contribution in [-0.4, -0.2) is 20.5 Å². The van der Waals surface area contributed by atoms with Gasteiger partial charge in [-0.05, 0) is 39.9 Å². The number of allylic oxidation sites excluding steroid dienone is 1. The Labute approximate surface area is 149 Å². The number of benzene rings is 2. The summed E-state index contributed by atoms with van der Waals surface area (Å²) < 4.78 is 11.4. The van der Waals surface area contributed by atoms with Crippen LogP contribution < -0.4 is 9.47 Å². The van der Waals surface area contributed by atoms with Gasteiger partial charge in [-0.15, -0.1) is 11.8 Å². The Balaban J connectivity index is 2.70. The Morgan fingerprint density at radius 2 is 1.70 bits per heavy atom. The summed E-state index contributed by atoms with van der Waals surface area (Å²) in [6, 6.07) is 15.8. The first kappa shape index (κ1) is 17.5. The van der Waals surface area contributed by atoms with Crippen molar-refractivity contribution in [1.82, 2.24) is 0 Å². The molecule has 0 N–H and O–H groups in total. The maximum Gasteiger partial charge on any atom is 0.161 e. The van der Waals surface area contributed by atoms with Gasteiger partial charge in [0, 0.05) is 14.9 Å². The summed E-state index contributed by atoms with van der Waals surface area (Å²) in [7, 11) is 3.17. The van der Waals surface area contributed by atoms with Crippen molar-refractivity contribution in [1.29, 1.82) is 5.26 Å². The summed E-state index contributed by atoms with van der Waals surface area (Å²) in [5, 5.41) is 9.74. The van der Waals surface area contributed by atoms with Crippen LogP contribution in [0.2, 0.25) is 0 Å². The highest BCUT2D eigenvalue weighted by Gasteiger charge is 2.17. The monoisotopic (exact) mass is 389 g/mol. The molecule has 0 aromatic heterocycles. The molecular formula is C18H16BrNO2S. The molecule has 0 bridgehead atoms. The van der Waals surface area contributed by atoms with Crippen LogP contribution in [0.15, 0.2) is 46.9 Å². The Kier molecular flexibility index (Phi) is 6.14. The quantitative estimate of drug-likeness (QED) is 0.519. The zero-order valence-corrected chi connectivity index (χ0v) is 15.5. The molecule has 5 heteroatoms. The van der Waals surface area contributed by atoms with Crippen molar-refractivity contribution < 1.29 is 9.47 Å². The number of methoxy groups -OCH3 is 2. The van der Waals surface area contributed by atoms with Crippen LogP contribution in [-0.2, 0) is 0 Å². The molecule has 2 aromatic rings. The molecule has 0 amide bonds. The van der Waals surface area contributed by atoms with E-state index in [1.54, 1.807) is 26.0 Å². The van der Waals surface area contributed by atoms with Crippen LogP contribution >= 0.6 is 27.7 Å². The zero-order chi connectivity index (χ0) is 16.8. The average molecular weight is 390 g/mol. The van der Waals surface area contributed by atoms with Gasteiger partial charge >= 0.3 is 0 Å². The molecule has 0 heterocycles. The molecule has 0 atom stereocenters. The van der Waals surface area contributed by atoms with Gasteiger partial charge in [-0.3, -0.25) is 0 Å².